The minimum absolute atomic E-state index is 0.0390. The fraction of sp³-hybridized carbons (Fsp3) is 0.182. The lowest BCUT2D eigenvalue weighted by Crippen LogP contribution is -2.36. The Hall–Kier alpha value is -3.59. The van der Waals surface area contributed by atoms with Crippen molar-refractivity contribution >= 4 is 21.8 Å². The highest BCUT2D eigenvalue weighted by Crippen LogP contribution is 2.40. The third-order valence-electron chi connectivity index (χ3n) is 4.74. The van der Waals surface area contributed by atoms with Crippen LogP contribution in [0.25, 0.3) is 6.08 Å². The van der Waals surface area contributed by atoms with Gasteiger partial charge in [0.05, 0.1) is 36.1 Å². The van der Waals surface area contributed by atoms with Crippen LogP contribution in [0.1, 0.15) is 11.1 Å². The number of aromatic nitrogens is 2. The van der Waals surface area contributed by atoms with E-state index >= 15 is 0 Å². The minimum atomic E-state index is -3.92. The lowest BCUT2D eigenvalue weighted by Gasteiger charge is -2.32. The highest BCUT2D eigenvalue weighted by atomic mass is 32.2. The second-order valence-corrected chi connectivity index (χ2v) is 8.58. The number of nitrogens with zero attached hydrogens (tertiary/aromatic N) is 3. The van der Waals surface area contributed by atoms with Gasteiger partial charge in [0.25, 0.3) is 10.0 Å². The van der Waals surface area contributed by atoms with Crippen LogP contribution in [-0.4, -0.2) is 39.2 Å². The van der Waals surface area contributed by atoms with Crippen molar-refractivity contribution in [2.24, 2.45) is 0 Å². The van der Waals surface area contributed by atoms with E-state index in [2.05, 4.69) is 9.97 Å². The summed E-state index contributed by atoms with van der Waals surface area (Å²) in [6, 6.07) is 13.9. The van der Waals surface area contributed by atoms with E-state index in [1.807, 2.05) is 6.92 Å². The molecule has 9 heteroatoms. The summed E-state index contributed by atoms with van der Waals surface area (Å²) in [6.45, 7) is 1.94. The Balaban J connectivity index is 1.88. The number of methoxy groups -OCH3 is 2. The molecule has 0 saturated carbocycles. The Morgan fingerprint density at radius 3 is 2.52 bits per heavy atom. The molecule has 1 aliphatic heterocycles. The van der Waals surface area contributed by atoms with Gasteiger partial charge in [0.2, 0.25) is 5.88 Å². The van der Waals surface area contributed by atoms with E-state index in [0.717, 1.165) is 5.56 Å². The Morgan fingerprint density at radius 2 is 1.81 bits per heavy atom. The number of fused-ring (bicyclic) bond motifs is 1. The van der Waals surface area contributed by atoms with Gasteiger partial charge in [-0.05, 0) is 37.3 Å². The summed E-state index contributed by atoms with van der Waals surface area (Å²) in [5.41, 5.74) is 2.28. The van der Waals surface area contributed by atoms with Crippen molar-refractivity contribution in [2.45, 2.75) is 11.8 Å². The lowest BCUT2D eigenvalue weighted by molar-refractivity contribution is 0.341. The highest BCUT2D eigenvalue weighted by molar-refractivity contribution is 7.93. The standard InChI is InChI=1S/C22H21N3O5S/c1-15-8-10-18(11-9-15)31(26,27)25-17(14-30-20-7-5-4-6-19(20)25)12-16-13-23-22(29-3)24-21(16)28-2/h4-13H,14H2,1-3H3/b17-12+. The zero-order valence-electron chi connectivity index (χ0n) is 17.3. The first-order chi connectivity index (χ1) is 14.9. The number of hydrogen-bond donors (Lipinski definition) is 0. The van der Waals surface area contributed by atoms with E-state index in [1.165, 1.54) is 24.7 Å². The van der Waals surface area contributed by atoms with Gasteiger partial charge in [-0.1, -0.05) is 29.8 Å². The summed E-state index contributed by atoms with van der Waals surface area (Å²) >= 11 is 0. The number of sulfonamides is 1. The van der Waals surface area contributed by atoms with E-state index in [1.54, 1.807) is 54.6 Å². The second kappa shape index (κ2) is 8.27. The first-order valence-electron chi connectivity index (χ1n) is 9.43. The number of hydrogen-bond acceptors (Lipinski definition) is 7. The average molecular weight is 439 g/mol. The number of anilines is 1. The topological polar surface area (TPSA) is 90.9 Å². The lowest BCUT2D eigenvalue weighted by atomic mass is 10.2. The van der Waals surface area contributed by atoms with Gasteiger partial charge in [0.1, 0.15) is 12.4 Å². The largest absolute Gasteiger partial charge is 0.485 e. The molecular weight excluding hydrogens is 418 g/mol. The number of ether oxygens (including phenoxy) is 3. The second-order valence-electron chi connectivity index (χ2n) is 6.80. The van der Waals surface area contributed by atoms with Gasteiger partial charge in [0, 0.05) is 6.20 Å². The Bertz CT molecular complexity index is 1240. The number of benzene rings is 2. The van der Waals surface area contributed by atoms with E-state index in [0.29, 0.717) is 22.7 Å². The van der Waals surface area contributed by atoms with E-state index in [9.17, 15) is 8.42 Å². The first-order valence-corrected chi connectivity index (χ1v) is 10.9. The molecule has 2 heterocycles. The average Bonchev–Trinajstić information content (AvgIpc) is 2.79. The predicted molar refractivity (Wildman–Crippen MR) is 116 cm³/mol. The fourth-order valence-electron chi connectivity index (χ4n) is 3.21. The molecule has 0 spiro atoms. The highest BCUT2D eigenvalue weighted by Gasteiger charge is 2.34. The number of para-hydroxylation sites is 2. The van der Waals surface area contributed by atoms with Crippen molar-refractivity contribution in [3.8, 4) is 17.6 Å². The van der Waals surface area contributed by atoms with Crippen molar-refractivity contribution in [3.63, 3.8) is 0 Å². The SMILES string of the molecule is COc1ncc(/C=C2\COc3ccccc3N2S(=O)(=O)c2ccc(C)cc2)c(OC)n1. The monoisotopic (exact) mass is 439 g/mol. The van der Waals surface area contributed by atoms with Gasteiger partial charge in [-0.25, -0.2) is 17.7 Å². The van der Waals surface area contributed by atoms with Crippen LogP contribution in [0.5, 0.6) is 17.6 Å². The van der Waals surface area contributed by atoms with Gasteiger partial charge < -0.3 is 14.2 Å². The predicted octanol–water partition coefficient (Wildman–Crippen LogP) is 3.43. The molecule has 0 fully saturated rings. The van der Waals surface area contributed by atoms with Crippen LogP contribution in [0.15, 0.2) is 65.3 Å². The van der Waals surface area contributed by atoms with Gasteiger partial charge in [-0.3, -0.25) is 0 Å². The maximum atomic E-state index is 13.7. The van der Waals surface area contributed by atoms with Gasteiger partial charge in [-0.15, -0.1) is 0 Å². The molecule has 0 N–H and O–H groups in total. The first kappa shape index (κ1) is 20.7. The van der Waals surface area contributed by atoms with Crippen molar-refractivity contribution in [3.05, 3.63) is 71.6 Å². The summed E-state index contributed by atoms with van der Waals surface area (Å²) in [7, 11) is -0.993. The van der Waals surface area contributed by atoms with Crippen LogP contribution in [0.3, 0.4) is 0 Å². The molecule has 31 heavy (non-hydrogen) atoms. The molecule has 0 unspecified atom stereocenters. The van der Waals surface area contributed by atoms with Crippen molar-refractivity contribution < 1.29 is 22.6 Å². The van der Waals surface area contributed by atoms with Crippen LogP contribution in [0, 0.1) is 6.92 Å². The molecule has 3 aromatic rings. The maximum Gasteiger partial charge on any atom is 0.319 e. The number of aryl methyl sites for hydroxylation is 1. The summed E-state index contributed by atoms with van der Waals surface area (Å²) in [6.07, 6.45) is 3.15. The fourth-order valence-corrected chi connectivity index (χ4v) is 4.73. The number of rotatable bonds is 5. The van der Waals surface area contributed by atoms with Crippen LogP contribution >= 0.6 is 0 Å². The zero-order chi connectivity index (χ0) is 22.0. The molecule has 1 aliphatic rings. The summed E-state index contributed by atoms with van der Waals surface area (Å²) in [4.78, 5) is 8.45. The molecule has 0 saturated heterocycles. The maximum absolute atomic E-state index is 13.7. The Morgan fingerprint density at radius 1 is 1.06 bits per heavy atom. The van der Waals surface area contributed by atoms with Gasteiger partial charge in [-0.2, -0.15) is 4.98 Å². The Labute approximate surface area is 180 Å². The minimum Gasteiger partial charge on any atom is -0.485 e. The molecule has 160 valence electrons. The van der Waals surface area contributed by atoms with E-state index < -0.39 is 10.0 Å². The molecule has 1 aromatic heterocycles. The van der Waals surface area contributed by atoms with Crippen LogP contribution in [0.2, 0.25) is 0 Å². The molecule has 4 rings (SSSR count). The molecule has 0 bridgehead atoms. The van der Waals surface area contributed by atoms with E-state index in [-0.39, 0.29) is 23.4 Å². The molecule has 0 radical (unpaired) electrons. The Kier molecular flexibility index (Phi) is 5.51. The van der Waals surface area contributed by atoms with Crippen LogP contribution in [0.4, 0.5) is 5.69 Å². The van der Waals surface area contributed by atoms with E-state index in [4.69, 9.17) is 14.2 Å². The van der Waals surface area contributed by atoms with Gasteiger partial charge >= 0.3 is 6.01 Å². The molecular formula is C22H21N3O5S. The third kappa shape index (κ3) is 3.91. The molecule has 0 aliphatic carbocycles. The molecule has 8 nitrogen and oxygen atoms in total. The van der Waals surface area contributed by atoms with Crippen molar-refractivity contribution in [1.29, 1.82) is 0 Å². The normalized spacial score (nSPS) is 14.7. The molecule has 2 aromatic carbocycles. The van der Waals surface area contributed by atoms with Crippen LogP contribution in [-0.2, 0) is 10.0 Å². The van der Waals surface area contributed by atoms with Crippen LogP contribution < -0.4 is 18.5 Å². The molecule has 0 atom stereocenters. The summed E-state index contributed by atoms with van der Waals surface area (Å²) in [5, 5.41) is 0. The summed E-state index contributed by atoms with van der Waals surface area (Å²) < 4.78 is 44.8. The quantitative estimate of drug-likeness (QED) is 0.601. The van der Waals surface area contributed by atoms with Gasteiger partial charge in [0.15, 0.2) is 0 Å². The smallest absolute Gasteiger partial charge is 0.319 e. The molecule has 0 amide bonds. The zero-order valence-corrected chi connectivity index (χ0v) is 18.1. The third-order valence-corrected chi connectivity index (χ3v) is 6.52. The summed E-state index contributed by atoms with van der Waals surface area (Å²) in [5.74, 6) is 0.735. The van der Waals surface area contributed by atoms with Crippen molar-refractivity contribution in [2.75, 3.05) is 25.1 Å². The van der Waals surface area contributed by atoms with Crippen molar-refractivity contribution in [1.82, 2.24) is 9.97 Å².